The van der Waals surface area contributed by atoms with Gasteiger partial charge in [-0.3, -0.25) is 0 Å². The third-order valence-corrected chi connectivity index (χ3v) is 3.49. The summed E-state index contributed by atoms with van der Waals surface area (Å²) in [6, 6.07) is 4.42. The van der Waals surface area contributed by atoms with Gasteiger partial charge in [-0.05, 0) is 56.1 Å². The second-order valence-corrected chi connectivity index (χ2v) is 5.23. The van der Waals surface area contributed by atoms with Gasteiger partial charge < -0.3 is 9.88 Å². The van der Waals surface area contributed by atoms with Crippen molar-refractivity contribution in [3.05, 3.63) is 29.6 Å². The zero-order valence-electron chi connectivity index (χ0n) is 11.8. The lowest BCUT2D eigenvalue weighted by atomic mass is 10.1. The van der Waals surface area contributed by atoms with E-state index in [1.165, 1.54) is 16.6 Å². The summed E-state index contributed by atoms with van der Waals surface area (Å²) < 4.78 is 2.27. The van der Waals surface area contributed by atoms with Crippen LogP contribution < -0.4 is 5.32 Å². The van der Waals surface area contributed by atoms with E-state index in [1.807, 2.05) is 6.33 Å². The number of aromatic nitrogens is 2. The molecule has 98 valence electrons. The van der Waals surface area contributed by atoms with Gasteiger partial charge in [-0.1, -0.05) is 13.8 Å². The highest BCUT2D eigenvalue weighted by molar-refractivity contribution is 5.77. The first-order valence-corrected chi connectivity index (χ1v) is 6.74. The van der Waals surface area contributed by atoms with Crippen molar-refractivity contribution in [2.24, 2.45) is 5.92 Å². The molecule has 0 radical (unpaired) electrons. The van der Waals surface area contributed by atoms with Gasteiger partial charge in [0.15, 0.2) is 0 Å². The summed E-state index contributed by atoms with van der Waals surface area (Å²) in [5.41, 5.74) is 5.01. The normalized spacial score (nSPS) is 13.1. The van der Waals surface area contributed by atoms with Crippen molar-refractivity contribution in [3.8, 4) is 0 Å². The molecule has 1 aromatic heterocycles. The highest BCUT2D eigenvalue weighted by Crippen LogP contribution is 2.19. The summed E-state index contributed by atoms with van der Waals surface area (Å²) >= 11 is 0. The molecular weight excluding hydrogens is 222 g/mol. The highest BCUT2D eigenvalue weighted by Gasteiger charge is 2.08. The van der Waals surface area contributed by atoms with E-state index in [0.717, 1.165) is 25.2 Å². The molecule has 3 heteroatoms. The number of fused-ring (bicyclic) bond motifs is 1. The first kappa shape index (κ1) is 13.1. The van der Waals surface area contributed by atoms with E-state index in [2.05, 4.69) is 54.7 Å². The molecule has 1 heterocycles. The lowest BCUT2D eigenvalue weighted by molar-refractivity contribution is 0.457. The average Bonchev–Trinajstić information content (AvgIpc) is 2.70. The maximum absolute atomic E-state index is 4.50. The van der Waals surface area contributed by atoms with E-state index in [1.54, 1.807) is 0 Å². The van der Waals surface area contributed by atoms with Crippen LogP contribution in [0.5, 0.6) is 0 Å². The minimum atomic E-state index is 0.615. The molecule has 0 saturated heterocycles. The molecule has 1 atom stereocenters. The number of aryl methyl sites for hydroxylation is 2. The third-order valence-electron chi connectivity index (χ3n) is 3.49. The molecule has 0 aliphatic carbocycles. The van der Waals surface area contributed by atoms with Crippen molar-refractivity contribution < 1.29 is 0 Å². The predicted octanol–water partition coefficient (Wildman–Crippen LogP) is 2.90. The minimum Gasteiger partial charge on any atom is -0.330 e. The van der Waals surface area contributed by atoms with E-state index in [4.69, 9.17) is 0 Å². The van der Waals surface area contributed by atoms with Crippen molar-refractivity contribution >= 4 is 11.0 Å². The quantitative estimate of drug-likeness (QED) is 0.878. The van der Waals surface area contributed by atoms with Gasteiger partial charge in [0.2, 0.25) is 0 Å². The zero-order chi connectivity index (χ0) is 13.1. The van der Waals surface area contributed by atoms with Gasteiger partial charge in [-0.2, -0.15) is 0 Å². The topological polar surface area (TPSA) is 29.9 Å². The van der Waals surface area contributed by atoms with E-state index in [-0.39, 0.29) is 0 Å². The Bertz CT molecular complexity index is 528. The Labute approximate surface area is 109 Å². The summed E-state index contributed by atoms with van der Waals surface area (Å²) in [5, 5.41) is 3.40. The van der Waals surface area contributed by atoms with Gasteiger partial charge in [0.1, 0.15) is 0 Å². The second kappa shape index (κ2) is 5.53. The molecule has 0 amide bonds. The Hall–Kier alpha value is -1.35. The number of benzene rings is 1. The number of imidazole rings is 1. The molecule has 0 bridgehead atoms. The number of hydrogen-bond acceptors (Lipinski definition) is 2. The van der Waals surface area contributed by atoms with Gasteiger partial charge in [0.25, 0.3) is 0 Å². The van der Waals surface area contributed by atoms with Crippen molar-refractivity contribution in [3.63, 3.8) is 0 Å². The van der Waals surface area contributed by atoms with Crippen LogP contribution in [0.1, 0.15) is 25.0 Å². The molecule has 18 heavy (non-hydrogen) atoms. The third kappa shape index (κ3) is 2.72. The van der Waals surface area contributed by atoms with E-state index in [0.29, 0.717) is 5.92 Å². The van der Waals surface area contributed by atoms with Crippen LogP contribution in [-0.4, -0.2) is 22.6 Å². The Kier molecular flexibility index (Phi) is 4.02. The standard InChI is InChI=1S/C15H23N3/c1-5-16-8-11(2)9-18-10-17-14-6-12(3)13(4)7-15(14)18/h6-7,10-11,16H,5,8-9H2,1-4H3. The van der Waals surface area contributed by atoms with Crippen LogP contribution in [0, 0.1) is 19.8 Å². The average molecular weight is 245 g/mol. The molecule has 1 unspecified atom stereocenters. The van der Waals surface area contributed by atoms with Gasteiger partial charge in [0.05, 0.1) is 17.4 Å². The summed E-state index contributed by atoms with van der Waals surface area (Å²) in [7, 11) is 0. The van der Waals surface area contributed by atoms with Crippen LogP contribution in [0.4, 0.5) is 0 Å². The Balaban J connectivity index is 2.21. The summed E-state index contributed by atoms with van der Waals surface area (Å²) in [5.74, 6) is 0.615. The number of nitrogens with one attached hydrogen (secondary N) is 1. The van der Waals surface area contributed by atoms with Crippen LogP contribution in [0.3, 0.4) is 0 Å². The van der Waals surface area contributed by atoms with E-state index in [9.17, 15) is 0 Å². The molecular formula is C15H23N3. The maximum Gasteiger partial charge on any atom is 0.0958 e. The minimum absolute atomic E-state index is 0.615. The number of nitrogens with zero attached hydrogens (tertiary/aromatic N) is 2. The SMILES string of the molecule is CCNCC(C)Cn1cnc2cc(C)c(C)cc21. The maximum atomic E-state index is 4.50. The smallest absolute Gasteiger partial charge is 0.0958 e. The Morgan fingerprint density at radius 3 is 2.72 bits per heavy atom. The lowest BCUT2D eigenvalue weighted by Gasteiger charge is -2.13. The molecule has 0 aliphatic rings. The molecule has 2 rings (SSSR count). The predicted molar refractivity (Wildman–Crippen MR) is 76.9 cm³/mol. The summed E-state index contributed by atoms with van der Waals surface area (Å²) in [4.78, 5) is 4.50. The van der Waals surface area contributed by atoms with Crippen LogP contribution in [0.25, 0.3) is 11.0 Å². The molecule has 0 saturated carbocycles. The number of rotatable bonds is 5. The van der Waals surface area contributed by atoms with Crippen molar-refractivity contribution in [1.29, 1.82) is 0 Å². The van der Waals surface area contributed by atoms with E-state index < -0.39 is 0 Å². The lowest BCUT2D eigenvalue weighted by Crippen LogP contribution is -2.23. The Morgan fingerprint density at radius 2 is 2.00 bits per heavy atom. The molecule has 3 nitrogen and oxygen atoms in total. The molecule has 0 fully saturated rings. The molecule has 0 aliphatic heterocycles. The van der Waals surface area contributed by atoms with Gasteiger partial charge >= 0.3 is 0 Å². The summed E-state index contributed by atoms with van der Waals surface area (Å²) in [6.45, 7) is 11.8. The van der Waals surface area contributed by atoms with Crippen molar-refractivity contribution in [2.45, 2.75) is 34.2 Å². The van der Waals surface area contributed by atoms with E-state index >= 15 is 0 Å². The van der Waals surface area contributed by atoms with Crippen LogP contribution in [0.2, 0.25) is 0 Å². The zero-order valence-corrected chi connectivity index (χ0v) is 11.8. The highest BCUT2D eigenvalue weighted by atomic mass is 15.0. The fraction of sp³-hybridized carbons (Fsp3) is 0.533. The first-order chi connectivity index (χ1) is 8.61. The van der Waals surface area contributed by atoms with Crippen LogP contribution in [-0.2, 0) is 6.54 Å². The van der Waals surface area contributed by atoms with Crippen molar-refractivity contribution in [1.82, 2.24) is 14.9 Å². The molecule has 0 spiro atoms. The van der Waals surface area contributed by atoms with Gasteiger partial charge in [0, 0.05) is 6.54 Å². The molecule has 1 N–H and O–H groups in total. The second-order valence-electron chi connectivity index (χ2n) is 5.23. The fourth-order valence-corrected chi connectivity index (χ4v) is 2.25. The van der Waals surface area contributed by atoms with Crippen LogP contribution in [0.15, 0.2) is 18.5 Å². The fourth-order valence-electron chi connectivity index (χ4n) is 2.25. The van der Waals surface area contributed by atoms with Crippen molar-refractivity contribution in [2.75, 3.05) is 13.1 Å². The van der Waals surface area contributed by atoms with Gasteiger partial charge in [-0.25, -0.2) is 4.98 Å². The van der Waals surface area contributed by atoms with Crippen LogP contribution >= 0.6 is 0 Å². The molecule has 1 aromatic carbocycles. The van der Waals surface area contributed by atoms with Gasteiger partial charge in [-0.15, -0.1) is 0 Å². The summed E-state index contributed by atoms with van der Waals surface area (Å²) in [6.07, 6.45) is 1.96. The monoisotopic (exact) mass is 245 g/mol. The number of hydrogen-bond donors (Lipinski definition) is 1. The molecule has 2 aromatic rings. The largest absolute Gasteiger partial charge is 0.330 e. The first-order valence-electron chi connectivity index (χ1n) is 6.74. The Morgan fingerprint density at radius 1 is 1.28 bits per heavy atom.